The molecule has 17 heavy (non-hydrogen) atoms. The van der Waals surface area contributed by atoms with Crippen LogP contribution in [0.4, 0.5) is 5.82 Å². The third kappa shape index (κ3) is 2.30. The van der Waals surface area contributed by atoms with E-state index < -0.39 is 0 Å². The molecule has 88 valence electrons. The maximum atomic E-state index is 4.63. The van der Waals surface area contributed by atoms with Crippen LogP contribution in [0.1, 0.15) is 0 Å². The summed E-state index contributed by atoms with van der Waals surface area (Å²) in [5, 5.41) is 7.48. The van der Waals surface area contributed by atoms with Gasteiger partial charge in [0.1, 0.15) is 5.82 Å². The molecule has 2 aromatic rings. The van der Waals surface area contributed by atoms with Gasteiger partial charge in [-0.05, 0) is 17.5 Å². The molecule has 1 N–H and O–H groups in total. The van der Waals surface area contributed by atoms with E-state index in [0.29, 0.717) is 0 Å². The fourth-order valence-corrected chi connectivity index (χ4v) is 2.58. The number of thiophene rings is 1. The molecule has 0 spiro atoms. The third-order valence-electron chi connectivity index (χ3n) is 2.86. The molecule has 0 radical (unpaired) electrons. The first-order valence-electron chi connectivity index (χ1n) is 5.75. The minimum Gasteiger partial charge on any atom is -0.354 e. The zero-order chi connectivity index (χ0) is 11.5. The van der Waals surface area contributed by atoms with E-state index in [1.165, 1.54) is 0 Å². The second-order valence-electron chi connectivity index (χ2n) is 3.99. The van der Waals surface area contributed by atoms with E-state index in [4.69, 9.17) is 0 Å². The number of hydrogen-bond donors (Lipinski definition) is 1. The van der Waals surface area contributed by atoms with E-state index in [2.05, 4.69) is 37.0 Å². The molecule has 0 unspecified atom stereocenters. The average molecular weight is 246 g/mol. The van der Waals surface area contributed by atoms with Gasteiger partial charge in [0, 0.05) is 43.3 Å². The molecule has 2 aromatic heterocycles. The molecular formula is C12H14N4S. The van der Waals surface area contributed by atoms with E-state index in [-0.39, 0.29) is 0 Å². The van der Waals surface area contributed by atoms with Crippen LogP contribution in [0, 0.1) is 0 Å². The standard InChI is InChI=1S/C12H14N4S/c1-3-14-12(10-2-8-17-9-10)15-11(1)16-6-4-13-5-7-16/h1-3,8-9,13H,4-7H2. The van der Waals surface area contributed by atoms with E-state index >= 15 is 0 Å². The normalized spacial score (nSPS) is 16.1. The van der Waals surface area contributed by atoms with Crippen molar-refractivity contribution in [3.63, 3.8) is 0 Å². The van der Waals surface area contributed by atoms with Gasteiger partial charge in [-0.1, -0.05) is 0 Å². The van der Waals surface area contributed by atoms with Crippen molar-refractivity contribution in [3.05, 3.63) is 29.1 Å². The third-order valence-corrected chi connectivity index (χ3v) is 3.54. The molecule has 1 fully saturated rings. The molecule has 0 aliphatic carbocycles. The van der Waals surface area contributed by atoms with Crippen molar-refractivity contribution in [3.8, 4) is 11.4 Å². The van der Waals surface area contributed by atoms with Gasteiger partial charge in [0.25, 0.3) is 0 Å². The number of nitrogens with one attached hydrogen (secondary N) is 1. The summed E-state index contributed by atoms with van der Waals surface area (Å²) >= 11 is 1.67. The van der Waals surface area contributed by atoms with E-state index in [9.17, 15) is 0 Å². The van der Waals surface area contributed by atoms with Crippen molar-refractivity contribution in [2.75, 3.05) is 31.1 Å². The predicted octanol–water partition coefficient (Wildman–Crippen LogP) is 1.61. The van der Waals surface area contributed by atoms with Crippen molar-refractivity contribution in [1.29, 1.82) is 0 Å². The smallest absolute Gasteiger partial charge is 0.162 e. The summed E-state index contributed by atoms with van der Waals surface area (Å²) in [6, 6.07) is 4.04. The molecule has 3 heterocycles. The van der Waals surface area contributed by atoms with Crippen molar-refractivity contribution in [2.24, 2.45) is 0 Å². The van der Waals surface area contributed by atoms with Crippen molar-refractivity contribution >= 4 is 17.2 Å². The minimum atomic E-state index is 0.822. The van der Waals surface area contributed by atoms with Crippen LogP contribution in [0.15, 0.2) is 29.1 Å². The van der Waals surface area contributed by atoms with Crippen molar-refractivity contribution < 1.29 is 0 Å². The predicted molar refractivity (Wildman–Crippen MR) is 70.4 cm³/mol. The van der Waals surface area contributed by atoms with Crippen LogP contribution < -0.4 is 10.2 Å². The number of rotatable bonds is 2. The summed E-state index contributed by atoms with van der Waals surface area (Å²) < 4.78 is 0. The SMILES string of the molecule is c1cc(N2CCNCC2)nc(-c2ccsc2)n1. The van der Waals surface area contributed by atoms with Crippen LogP contribution in [-0.2, 0) is 0 Å². The van der Waals surface area contributed by atoms with Crippen molar-refractivity contribution in [1.82, 2.24) is 15.3 Å². The first kappa shape index (κ1) is 10.7. The van der Waals surface area contributed by atoms with Crippen LogP contribution in [-0.4, -0.2) is 36.1 Å². The Balaban J connectivity index is 1.88. The lowest BCUT2D eigenvalue weighted by Gasteiger charge is -2.28. The Labute approximate surface area is 104 Å². The highest BCUT2D eigenvalue weighted by Gasteiger charge is 2.12. The maximum absolute atomic E-state index is 4.63. The molecule has 0 amide bonds. The van der Waals surface area contributed by atoms with Gasteiger partial charge in [-0.15, -0.1) is 0 Å². The van der Waals surface area contributed by atoms with Crippen LogP contribution in [0.2, 0.25) is 0 Å². The molecule has 1 aliphatic rings. The fourth-order valence-electron chi connectivity index (χ4n) is 1.95. The molecular weight excluding hydrogens is 232 g/mol. The Morgan fingerprint density at radius 1 is 1.24 bits per heavy atom. The molecule has 0 aromatic carbocycles. The first-order chi connectivity index (χ1) is 8.43. The Morgan fingerprint density at radius 3 is 2.88 bits per heavy atom. The minimum absolute atomic E-state index is 0.822. The van der Waals surface area contributed by atoms with Gasteiger partial charge in [0.05, 0.1) is 0 Å². The summed E-state index contributed by atoms with van der Waals surface area (Å²) in [5.41, 5.74) is 1.10. The van der Waals surface area contributed by atoms with E-state index in [0.717, 1.165) is 43.4 Å². The molecule has 4 nitrogen and oxygen atoms in total. The van der Waals surface area contributed by atoms with Crippen LogP contribution in [0.3, 0.4) is 0 Å². The van der Waals surface area contributed by atoms with Crippen LogP contribution in [0.25, 0.3) is 11.4 Å². The van der Waals surface area contributed by atoms with Gasteiger partial charge in [0.15, 0.2) is 5.82 Å². The monoisotopic (exact) mass is 246 g/mol. The van der Waals surface area contributed by atoms with Crippen LogP contribution >= 0.6 is 11.3 Å². The zero-order valence-electron chi connectivity index (χ0n) is 9.47. The second kappa shape index (κ2) is 4.81. The highest BCUT2D eigenvalue weighted by Crippen LogP contribution is 2.20. The second-order valence-corrected chi connectivity index (χ2v) is 4.77. The molecule has 5 heteroatoms. The highest BCUT2D eigenvalue weighted by molar-refractivity contribution is 7.08. The molecule has 0 atom stereocenters. The molecule has 0 saturated carbocycles. The van der Waals surface area contributed by atoms with E-state index in [1.54, 1.807) is 11.3 Å². The Morgan fingerprint density at radius 2 is 2.12 bits per heavy atom. The van der Waals surface area contributed by atoms with Gasteiger partial charge in [0.2, 0.25) is 0 Å². The lowest BCUT2D eigenvalue weighted by atomic mass is 10.3. The topological polar surface area (TPSA) is 41.0 Å². The van der Waals surface area contributed by atoms with E-state index in [1.807, 2.05) is 12.3 Å². The number of nitrogens with zero attached hydrogens (tertiary/aromatic N) is 3. The molecule has 1 saturated heterocycles. The molecule has 1 aliphatic heterocycles. The summed E-state index contributed by atoms with van der Waals surface area (Å²) in [6.07, 6.45) is 1.84. The summed E-state index contributed by atoms with van der Waals surface area (Å²) in [6.45, 7) is 4.08. The summed E-state index contributed by atoms with van der Waals surface area (Å²) in [4.78, 5) is 11.3. The maximum Gasteiger partial charge on any atom is 0.162 e. The lowest BCUT2D eigenvalue weighted by Crippen LogP contribution is -2.43. The van der Waals surface area contributed by atoms with Gasteiger partial charge in [-0.2, -0.15) is 11.3 Å². The van der Waals surface area contributed by atoms with Gasteiger partial charge in [-0.3, -0.25) is 0 Å². The summed E-state index contributed by atoms with van der Waals surface area (Å²) in [5.74, 6) is 1.85. The zero-order valence-corrected chi connectivity index (χ0v) is 10.3. The fraction of sp³-hybridized carbons (Fsp3) is 0.333. The van der Waals surface area contributed by atoms with Gasteiger partial charge < -0.3 is 10.2 Å². The summed E-state index contributed by atoms with van der Waals surface area (Å²) in [7, 11) is 0. The highest BCUT2D eigenvalue weighted by atomic mass is 32.1. The Hall–Kier alpha value is -1.46. The first-order valence-corrected chi connectivity index (χ1v) is 6.69. The Bertz CT molecular complexity index is 477. The molecule has 0 bridgehead atoms. The number of piperazine rings is 1. The van der Waals surface area contributed by atoms with Gasteiger partial charge >= 0.3 is 0 Å². The van der Waals surface area contributed by atoms with Gasteiger partial charge in [-0.25, -0.2) is 9.97 Å². The number of hydrogen-bond acceptors (Lipinski definition) is 5. The average Bonchev–Trinajstić information content (AvgIpc) is 2.94. The largest absolute Gasteiger partial charge is 0.354 e. The quantitative estimate of drug-likeness (QED) is 0.874. The Kier molecular flexibility index (Phi) is 3.02. The number of aromatic nitrogens is 2. The van der Waals surface area contributed by atoms with Crippen LogP contribution in [0.5, 0.6) is 0 Å². The lowest BCUT2D eigenvalue weighted by molar-refractivity contribution is 0.585. The molecule has 3 rings (SSSR count). The van der Waals surface area contributed by atoms with Crippen molar-refractivity contribution in [2.45, 2.75) is 0 Å². The number of anilines is 1.